The average Bonchev–Trinajstić information content (AvgIpc) is 2.46. The number of Topliss-reactive ketones (excluding diaryl/α,β-unsaturated/α-hetero) is 1. The minimum Gasteiger partial charge on any atom is -0.387 e. The van der Waals surface area contributed by atoms with Crippen molar-refractivity contribution in [3.8, 4) is 0 Å². The van der Waals surface area contributed by atoms with Crippen molar-refractivity contribution in [3.05, 3.63) is 44.0 Å². The lowest BCUT2D eigenvalue weighted by Crippen LogP contribution is -2.26. The van der Waals surface area contributed by atoms with Crippen LogP contribution in [0, 0.1) is 26.1 Å². The number of nitrogens with zero attached hydrogens (tertiary/aromatic N) is 2. The third-order valence-electron chi connectivity index (χ3n) is 3.72. The highest BCUT2D eigenvalue weighted by Gasteiger charge is 2.34. The zero-order valence-corrected chi connectivity index (χ0v) is 11.1. The number of hydrogen-bond acceptors (Lipinski definition) is 6. The van der Waals surface area contributed by atoms with Crippen LogP contribution in [0.3, 0.4) is 0 Å². The van der Waals surface area contributed by atoms with Gasteiger partial charge in [-0.05, 0) is 18.9 Å². The van der Waals surface area contributed by atoms with Crippen LogP contribution in [0.5, 0.6) is 0 Å². The maximum Gasteiger partial charge on any atom is 0.282 e. The molecule has 0 amide bonds. The Morgan fingerprint density at radius 2 is 1.90 bits per heavy atom. The van der Waals surface area contributed by atoms with Gasteiger partial charge >= 0.3 is 0 Å². The Morgan fingerprint density at radius 1 is 1.19 bits per heavy atom. The van der Waals surface area contributed by atoms with E-state index in [0.29, 0.717) is 12.8 Å². The van der Waals surface area contributed by atoms with Crippen LogP contribution in [0.1, 0.15) is 37.4 Å². The fraction of sp³-hybridized carbons (Fsp3) is 0.462. The minimum atomic E-state index is -1.31. The number of aliphatic hydroxyl groups is 1. The van der Waals surface area contributed by atoms with Crippen molar-refractivity contribution < 1.29 is 19.7 Å². The zero-order valence-electron chi connectivity index (χ0n) is 11.1. The van der Waals surface area contributed by atoms with E-state index in [-0.39, 0.29) is 11.3 Å². The molecule has 2 atom stereocenters. The minimum absolute atomic E-state index is 0.0501. The van der Waals surface area contributed by atoms with E-state index >= 15 is 0 Å². The number of hydrogen-bond donors (Lipinski definition) is 1. The molecule has 21 heavy (non-hydrogen) atoms. The topological polar surface area (TPSA) is 124 Å². The molecule has 112 valence electrons. The highest BCUT2D eigenvalue weighted by Crippen LogP contribution is 2.37. The first-order valence-electron chi connectivity index (χ1n) is 6.55. The van der Waals surface area contributed by atoms with Crippen LogP contribution in [-0.4, -0.2) is 20.7 Å². The zero-order chi connectivity index (χ0) is 15.6. The fourth-order valence-corrected chi connectivity index (χ4v) is 2.61. The van der Waals surface area contributed by atoms with Gasteiger partial charge in [-0.1, -0.05) is 6.42 Å². The summed E-state index contributed by atoms with van der Waals surface area (Å²) in [6.45, 7) is 0. The van der Waals surface area contributed by atoms with E-state index in [0.717, 1.165) is 31.0 Å². The summed E-state index contributed by atoms with van der Waals surface area (Å²) >= 11 is 0. The van der Waals surface area contributed by atoms with Gasteiger partial charge in [0.05, 0.1) is 27.6 Å². The van der Waals surface area contributed by atoms with Gasteiger partial charge in [0, 0.05) is 18.4 Å². The fourth-order valence-electron chi connectivity index (χ4n) is 2.61. The van der Waals surface area contributed by atoms with Crippen molar-refractivity contribution in [2.75, 3.05) is 0 Å². The van der Waals surface area contributed by atoms with E-state index in [1.165, 1.54) is 0 Å². The van der Waals surface area contributed by atoms with Crippen LogP contribution in [-0.2, 0) is 4.79 Å². The highest BCUT2D eigenvalue weighted by molar-refractivity contribution is 5.82. The number of carbonyl (C=O) groups is 1. The first-order valence-corrected chi connectivity index (χ1v) is 6.55. The van der Waals surface area contributed by atoms with Crippen molar-refractivity contribution in [2.45, 2.75) is 31.8 Å². The summed E-state index contributed by atoms with van der Waals surface area (Å²) < 4.78 is 0. The van der Waals surface area contributed by atoms with Crippen molar-refractivity contribution >= 4 is 17.2 Å². The number of aliphatic hydroxyl groups excluding tert-OH is 1. The predicted octanol–water partition coefficient (Wildman–Crippen LogP) is 2.30. The molecule has 0 heterocycles. The summed E-state index contributed by atoms with van der Waals surface area (Å²) in [7, 11) is 0. The molecule has 8 heteroatoms. The molecular formula is C13H14N2O6. The molecule has 1 fully saturated rings. The molecule has 0 saturated heterocycles. The van der Waals surface area contributed by atoms with E-state index < -0.39 is 33.2 Å². The van der Waals surface area contributed by atoms with Crippen molar-refractivity contribution in [2.24, 2.45) is 5.92 Å². The molecule has 1 aromatic rings. The van der Waals surface area contributed by atoms with Gasteiger partial charge in [0.25, 0.3) is 11.4 Å². The lowest BCUT2D eigenvalue weighted by Gasteiger charge is -2.25. The molecule has 0 bridgehead atoms. The Bertz CT molecular complexity index is 600. The number of carbonyl (C=O) groups excluding carboxylic acids is 1. The van der Waals surface area contributed by atoms with Crippen LogP contribution in [0.15, 0.2) is 18.2 Å². The second-order valence-corrected chi connectivity index (χ2v) is 5.02. The average molecular weight is 294 g/mol. The van der Waals surface area contributed by atoms with Crippen LogP contribution in [0.4, 0.5) is 11.4 Å². The number of benzene rings is 1. The van der Waals surface area contributed by atoms with Crippen molar-refractivity contribution in [1.29, 1.82) is 0 Å². The highest BCUT2D eigenvalue weighted by atomic mass is 16.6. The summed E-state index contributed by atoms with van der Waals surface area (Å²) in [6, 6.07) is 3.06. The monoisotopic (exact) mass is 294 g/mol. The van der Waals surface area contributed by atoms with Crippen LogP contribution >= 0.6 is 0 Å². The molecule has 0 unspecified atom stereocenters. The standard InChI is InChI=1S/C13H14N2O6/c16-12-4-2-1-3-10(12)13(17)9-6-5-8(14(18)19)7-11(9)15(20)21/h5-7,10,13,17H,1-4H2/t10-,13+/m1/s1. The number of non-ortho nitro benzene ring substituents is 1. The van der Waals surface area contributed by atoms with Gasteiger partial charge in [-0.3, -0.25) is 25.0 Å². The van der Waals surface area contributed by atoms with E-state index in [9.17, 15) is 30.1 Å². The molecule has 2 rings (SSSR count). The summed E-state index contributed by atoms with van der Waals surface area (Å²) in [4.78, 5) is 32.0. The van der Waals surface area contributed by atoms with Crippen molar-refractivity contribution in [3.63, 3.8) is 0 Å². The molecule has 0 radical (unpaired) electrons. The van der Waals surface area contributed by atoms with Gasteiger partial charge in [-0.15, -0.1) is 0 Å². The maximum atomic E-state index is 11.8. The predicted molar refractivity (Wildman–Crippen MR) is 71.7 cm³/mol. The van der Waals surface area contributed by atoms with Crippen LogP contribution in [0.25, 0.3) is 0 Å². The molecular weight excluding hydrogens is 280 g/mol. The van der Waals surface area contributed by atoms with Crippen LogP contribution in [0.2, 0.25) is 0 Å². The first kappa shape index (κ1) is 15.0. The Kier molecular flexibility index (Phi) is 4.27. The van der Waals surface area contributed by atoms with Gasteiger partial charge < -0.3 is 5.11 Å². The largest absolute Gasteiger partial charge is 0.387 e. The molecule has 1 aliphatic carbocycles. The molecule has 1 N–H and O–H groups in total. The third-order valence-corrected chi connectivity index (χ3v) is 3.72. The summed E-state index contributed by atoms with van der Waals surface area (Å²) in [5.41, 5.74) is -1.01. The number of ketones is 1. The first-order chi connectivity index (χ1) is 9.91. The molecule has 1 saturated carbocycles. The Hall–Kier alpha value is -2.35. The van der Waals surface area contributed by atoms with Gasteiger partial charge in [0.1, 0.15) is 5.78 Å². The SMILES string of the molecule is O=C1CCCC[C@H]1[C@@H](O)c1ccc([N+](=O)[O-])cc1[N+](=O)[O-]. The van der Waals surface area contributed by atoms with Gasteiger partial charge in [-0.25, -0.2) is 0 Å². The molecule has 1 aromatic carbocycles. The van der Waals surface area contributed by atoms with E-state index in [1.807, 2.05) is 0 Å². The Labute approximate surface area is 119 Å². The summed E-state index contributed by atoms with van der Waals surface area (Å²) in [6.07, 6.45) is 1.04. The molecule has 8 nitrogen and oxygen atoms in total. The Morgan fingerprint density at radius 3 is 2.48 bits per heavy atom. The molecule has 0 spiro atoms. The van der Waals surface area contributed by atoms with Gasteiger partial charge in [0.15, 0.2) is 0 Å². The maximum absolute atomic E-state index is 11.8. The van der Waals surface area contributed by atoms with Gasteiger partial charge in [-0.2, -0.15) is 0 Å². The number of nitro benzene ring substituents is 2. The molecule has 0 aliphatic heterocycles. The number of nitro groups is 2. The Balaban J connectivity index is 2.40. The smallest absolute Gasteiger partial charge is 0.282 e. The second kappa shape index (κ2) is 5.96. The van der Waals surface area contributed by atoms with Crippen LogP contribution < -0.4 is 0 Å². The van der Waals surface area contributed by atoms with Crippen molar-refractivity contribution in [1.82, 2.24) is 0 Å². The second-order valence-electron chi connectivity index (χ2n) is 5.02. The lowest BCUT2D eigenvalue weighted by atomic mass is 9.81. The van der Waals surface area contributed by atoms with E-state index in [1.54, 1.807) is 0 Å². The normalized spacial score (nSPS) is 20.0. The third kappa shape index (κ3) is 3.05. The summed E-state index contributed by atoms with van der Waals surface area (Å²) in [5, 5.41) is 32.0. The quantitative estimate of drug-likeness (QED) is 0.671. The van der Waals surface area contributed by atoms with Gasteiger partial charge in [0.2, 0.25) is 0 Å². The molecule has 1 aliphatic rings. The number of rotatable bonds is 4. The van der Waals surface area contributed by atoms with E-state index in [2.05, 4.69) is 0 Å². The molecule has 0 aromatic heterocycles. The summed E-state index contributed by atoms with van der Waals surface area (Å²) in [5.74, 6) is -0.805. The van der Waals surface area contributed by atoms with E-state index in [4.69, 9.17) is 0 Å². The lowest BCUT2D eigenvalue weighted by molar-refractivity contribution is -0.395.